The Kier molecular flexibility index (Phi) is 4.23. The first-order valence-electron chi connectivity index (χ1n) is 6.95. The van der Waals surface area contributed by atoms with E-state index in [-0.39, 0.29) is 11.9 Å². The molecule has 18 heavy (non-hydrogen) atoms. The third kappa shape index (κ3) is 2.66. The molecule has 100 valence electrons. The van der Waals surface area contributed by atoms with Crippen molar-refractivity contribution in [3.63, 3.8) is 0 Å². The van der Waals surface area contributed by atoms with Crippen LogP contribution >= 0.6 is 0 Å². The second-order valence-corrected chi connectivity index (χ2v) is 5.22. The lowest BCUT2D eigenvalue weighted by Crippen LogP contribution is -2.34. The molecule has 0 amide bonds. The van der Waals surface area contributed by atoms with Crippen LogP contribution in [0.1, 0.15) is 51.1 Å². The zero-order valence-electron chi connectivity index (χ0n) is 11.3. The lowest BCUT2D eigenvalue weighted by Gasteiger charge is -2.32. The van der Waals surface area contributed by atoms with Gasteiger partial charge in [-0.15, -0.1) is 0 Å². The van der Waals surface area contributed by atoms with Crippen molar-refractivity contribution in [2.24, 2.45) is 5.73 Å². The number of anilines is 1. The molecular formula is C15H23FN2. The molecule has 2 nitrogen and oxygen atoms in total. The summed E-state index contributed by atoms with van der Waals surface area (Å²) in [6, 6.07) is 5.47. The summed E-state index contributed by atoms with van der Waals surface area (Å²) in [5.74, 6) is -0.200. The van der Waals surface area contributed by atoms with Crippen LogP contribution in [0.5, 0.6) is 0 Å². The lowest BCUT2D eigenvalue weighted by atomic mass is 10.0. The number of rotatable bonds is 4. The van der Waals surface area contributed by atoms with E-state index in [1.165, 1.54) is 25.7 Å². The molecule has 0 aromatic heterocycles. The fourth-order valence-corrected chi connectivity index (χ4v) is 2.99. The molecule has 1 aliphatic carbocycles. The third-order valence-electron chi connectivity index (χ3n) is 3.90. The fraction of sp³-hybridized carbons (Fsp3) is 0.600. The van der Waals surface area contributed by atoms with Gasteiger partial charge in [-0.1, -0.05) is 12.8 Å². The number of hydrogen-bond acceptors (Lipinski definition) is 2. The molecule has 1 aliphatic rings. The second-order valence-electron chi connectivity index (χ2n) is 5.22. The van der Waals surface area contributed by atoms with Gasteiger partial charge in [0.25, 0.3) is 0 Å². The Morgan fingerprint density at radius 1 is 1.39 bits per heavy atom. The van der Waals surface area contributed by atoms with E-state index in [1.807, 2.05) is 13.0 Å². The summed E-state index contributed by atoms with van der Waals surface area (Å²) < 4.78 is 13.4. The molecule has 2 rings (SSSR count). The molecule has 1 saturated carbocycles. The second kappa shape index (κ2) is 5.70. The van der Waals surface area contributed by atoms with E-state index in [0.29, 0.717) is 6.04 Å². The molecule has 1 aromatic carbocycles. The van der Waals surface area contributed by atoms with Gasteiger partial charge in [0, 0.05) is 24.3 Å². The molecule has 2 N–H and O–H groups in total. The highest BCUT2D eigenvalue weighted by Crippen LogP contribution is 2.32. The molecule has 0 heterocycles. The first-order valence-corrected chi connectivity index (χ1v) is 6.95. The molecular weight excluding hydrogens is 227 g/mol. The maximum Gasteiger partial charge on any atom is 0.123 e. The minimum Gasteiger partial charge on any atom is -0.369 e. The maximum atomic E-state index is 13.4. The number of nitrogens with zero attached hydrogens (tertiary/aromatic N) is 1. The van der Waals surface area contributed by atoms with Crippen LogP contribution in [0.25, 0.3) is 0 Å². The van der Waals surface area contributed by atoms with Gasteiger partial charge >= 0.3 is 0 Å². The van der Waals surface area contributed by atoms with Gasteiger partial charge in [-0.25, -0.2) is 4.39 Å². The molecule has 0 bridgehead atoms. The number of hydrogen-bond donors (Lipinski definition) is 1. The van der Waals surface area contributed by atoms with Crippen LogP contribution in [0.4, 0.5) is 10.1 Å². The van der Waals surface area contributed by atoms with E-state index >= 15 is 0 Å². The van der Waals surface area contributed by atoms with Gasteiger partial charge in [0.15, 0.2) is 0 Å². The molecule has 0 radical (unpaired) electrons. The van der Waals surface area contributed by atoms with Crippen LogP contribution < -0.4 is 10.6 Å². The van der Waals surface area contributed by atoms with Gasteiger partial charge in [-0.2, -0.15) is 0 Å². The highest BCUT2D eigenvalue weighted by molar-refractivity contribution is 5.56. The van der Waals surface area contributed by atoms with Crippen LogP contribution in [0.2, 0.25) is 0 Å². The molecule has 1 atom stereocenters. The normalized spacial score (nSPS) is 18.0. The summed E-state index contributed by atoms with van der Waals surface area (Å²) >= 11 is 0. The number of benzene rings is 1. The van der Waals surface area contributed by atoms with Crippen LogP contribution in [0.3, 0.4) is 0 Å². The van der Waals surface area contributed by atoms with Crippen LogP contribution in [0, 0.1) is 5.82 Å². The Bertz CT molecular complexity index is 397. The summed E-state index contributed by atoms with van der Waals surface area (Å²) in [4.78, 5) is 2.39. The Labute approximate surface area is 109 Å². The predicted octanol–water partition coefficient (Wildman–Crippen LogP) is 3.61. The van der Waals surface area contributed by atoms with E-state index in [9.17, 15) is 4.39 Å². The molecule has 0 spiro atoms. The van der Waals surface area contributed by atoms with Crippen molar-refractivity contribution in [3.05, 3.63) is 29.6 Å². The largest absolute Gasteiger partial charge is 0.369 e. The first-order chi connectivity index (χ1) is 8.63. The van der Waals surface area contributed by atoms with Gasteiger partial charge in [-0.3, -0.25) is 0 Å². The summed E-state index contributed by atoms with van der Waals surface area (Å²) in [6.07, 6.45) is 5.08. The Hall–Kier alpha value is -1.09. The maximum absolute atomic E-state index is 13.4. The Balaban J connectivity index is 2.34. The fourth-order valence-electron chi connectivity index (χ4n) is 2.99. The molecule has 0 aliphatic heterocycles. The van der Waals surface area contributed by atoms with Crippen LogP contribution in [-0.2, 0) is 0 Å². The van der Waals surface area contributed by atoms with Gasteiger partial charge < -0.3 is 10.6 Å². The van der Waals surface area contributed by atoms with E-state index in [1.54, 1.807) is 12.1 Å². The standard InChI is InChI=1S/C15H23FN2/c1-3-18(13-6-4-5-7-13)15-9-8-12(16)10-14(15)11(2)17/h8-11,13H,3-7,17H2,1-2H3/t11-/m0/s1. The van der Waals surface area contributed by atoms with Crippen molar-refractivity contribution in [2.45, 2.75) is 51.6 Å². The monoisotopic (exact) mass is 250 g/mol. The summed E-state index contributed by atoms with van der Waals surface area (Å²) in [7, 11) is 0. The summed E-state index contributed by atoms with van der Waals surface area (Å²) in [6.45, 7) is 5.03. The SMILES string of the molecule is CCN(c1ccc(F)cc1[C@H](C)N)C1CCCC1. The zero-order chi connectivity index (χ0) is 13.1. The van der Waals surface area contributed by atoms with E-state index in [4.69, 9.17) is 5.73 Å². The third-order valence-corrected chi connectivity index (χ3v) is 3.90. The van der Waals surface area contributed by atoms with Crippen molar-refractivity contribution in [1.82, 2.24) is 0 Å². The molecule has 0 saturated heterocycles. The van der Waals surface area contributed by atoms with Gasteiger partial charge in [-0.05, 0) is 50.5 Å². The molecule has 1 aromatic rings. The van der Waals surface area contributed by atoms with Crippen molar-refractivity contribution in [3.8, 4) is 0 Å². The summed E-state index contributed by atoms with van der Waals surface area (Å²) in [5, 5.41) is 0. The highest BCUT2D eigenvalue weighted by atomic mass is 19.1. The van der Waals surface area contributed by atoms with E-state index in [0.717, 1.165) is 17.8 Å². The smallest absolute Gasteiger partial charge is 0.123 e. The van der Waals surface area contributed by atoms with Gasteiger partial charge in [0.2, 0.25) is 0 Å². The topological polar surface area (TPSA) is 29.3 Å². The summed E-state index contributed by atoms with van der Waals surface area (Å²) in [5.41, 5.74) is 8.01. The minimum atomic E-state index is -0.200. The van der Waals surface area contributed by atoms with E-state index < -0.39 is 0 Å². The number of halogens is 1. The average Bonchev–Trinajstić information content (AvgIpc) is 2.85. The van der Waals surface area contributed by atoms with Crippen molar-refractivity contribution in [2.75, 3.05) is 11.4 Å². The van der Waals surface area contributed by atoms with Crippen molar-refractivity contribution < 1.29 is 4.39 Å². The van der Waals surface area contributed by atoms with Gasteiger partial charge in [0.05, 0.1) is 0 Å². The lowest BCUT2D eigenvalue weighted by molar-refractivity contribution is 0.603. The zero-order valence-corrected chi connectivity index (χ0v) is 11.3. The number of nitrogens with two attached hydrogens (primary N) is 1. The Morgan fingerprint density at radius 3 is 2.61 bits per heavy atom. The van der Waals surface area contributed by atoms with Crippen LogP contribution in [-0.4, -0.2) is 12.6 Å². The molecule has 3 heteroatoms. The highest BCUT2D eigenvalue weighted by Gasteiger charge is 2.24. The average molecular weight is 250 g/mol. The molecule has 1 fully saturated rings. The van der Waals surface area contributed by atoms with Crippen LogP contribution in [0.15, 0.2) is 18.2 Å². The minimum absolute atomic E-state index is 0.133. The van der Waals surface area contributed by atoms with E-state index in [2.05, 4.69) is 11.8 Å². The Morgan fingerprint density at radius 2 is 2.06 bits per heavy atom. The first kappa shape index (κ1) is 13.3. The van der Waals surface area contributed by atoms with Crippen molar-refractivity contribution in [1.29, 1.82) is 0 Å². The van der Waals surface area contributed by atoms with Crippen molar-refractivity contribution >= 4 is 5.69 Å². The molecule has 0 unspecified atom stereocenters. The quantitative estimate of drug-likeness (QED) is 0.884. The predicted molar refractivity (Wildman–Crippen MR) is 74.3 cm³/mol. The van der Waals surface area contributed by atoms with Gasteiger partial charge in [0.1, 0.15) is 5.82 Å².